The fourth-order valence-corrected chi connectivity index (χ4v) is 3.87. The van der Waals surface area contributed by atoms with Crippen LogP contribution >= 0.6 is 12.2 Å². The van der Waals surface area contributed by atoms with Gasteiger partial charge in [0.25, 0.3) is 11.8 Å². The lowest BCUT2D eigenvalue weighted by Gasteiger charge is -2.13. The summed E-state index contributed by atoms with van der Waals surface area (Å²) in [7, 11) is 0. The summed E-state index contributed by atoms with van der Waals surface area (Å²) in [6.45, 7) is 2.40. The highest BCUT2D eigenvalue weighted by molar-refractivity contribution is 7.80. The van der Waals surface area contributed by atoms with Crippen LogP contribution in [0, 0.1) is 6.92 Å². The molecule has 0 aromatic heterocycles. The fourth-order valence-electron chi connectivity index (χ4n) is 3.66. The lowest BCUT2D eigenvalue weighted by Crippen LogP contribution is -2.34. The molecule has 0 atom stereocenters. The van der Waals surface area contributed by atoms with E-state index in [9.17, 15) is 9.59 Å². The number of carbonyl (C=O) groups excluding carboxylic acids is 2. The van der Waals surface area contributed by atoms with Gasteiger partial charge >= 0.3 is 0 Å². The molecule has 0 heterocycles. The molecule has 6 nitrogen and oxygen atoms in total. The van der Waals surface area contributed by atoms with Crippen molar-refractivity contribution in [2.45, 2.75) is 13.3 Å². The first-order valence-electron chi connectivity index (χ1n) is 11.8. The van der Waals surface area contributed by atoms with E-state index in [1.807, 2.05) is 55.5 Å². The summed E-state index contributed by atoms with van der Waals surface area (Å²) < 4.78 is 5.82. The number of hydrogen-bond acceptors (Lipinski definition) is 4. The van der Waals surface area contributed by atoms with E-state index in [0.29, 0.717) is 34.9 Å². The zero-order valence-corrected chi connectivity index (χ0v) is 21.2. The van der Waals surface area contributed by atoms with E-state index in [4.69, 9.17) is 17.0 Å². The van der Waals surface area contributed by atoms with Crippen LogP contribution in [0.3, 0.4) is 0 Å². The Morgan fingerprint density at radius 1 is 0.757 bits per heavy atom. The van der Waals surface area contributed by atoms with E-state index in [1.165, 1.54) is 5.56 Å². The number of aryl methyl sites for hydroxylation is 1. The minimum Gasteiger partial charge on any atom is -0.493 e. The molecule has 7 heteroatoms. The van der Waals surface area contributed by atoms with Gasteiger partial charge in [0.15, 0.2) is 5.11 Å². The molecule has 4 aromatic carbocycles. The molecule has 4 rings (SSSR count). The molecule has 2 amide bonds. The second-order valence-electron chi connectivity index (χ2n) is 8.37. The van der Waals surface area contributed by atoms with Gasteiger partial charge in [-0.2, -0.15) is 0 Å². The van der Waals surface area contributed by atoms with Crippen molar-refractivity contribution in [1.29, 1.82) is 0 Å². The topological polar surface area (TPSA) is 79.5 Å². The standard InChI is InChI=1S/C30H27N3O3S/c1-21-19-25(15-16-27(21)32-28(34)23-11-6-3-7-12-23)31-30(37)33-29(35)24-13-8-14-26(20-24)36-18-17-22-9-4-2-5-10-22/h2-16,19-20H,17-18H2,1H3,(H,32,34)(H2,31,33,35,37). The third-order valence-corrected chi connectivity index (χ3v) is 5.80. The number of benzene rings is 4. The molecule has 37 heavy (non-hydrogen) atoms. The van der Waals surface area contributed by atoms with Gasteiger partial charge in [-0.25, -0.2) is 0 Å². The molecular weight excluding hydrogens is 482 g/mol. The number of nitrogens with one attached hydrogen (secondary N) is 3. The molecular formula is C30H27N3O3S. The second kappa shape index (κ2) is 12.5. The van der Waals surface area contributed by atoms with Gasteiger partial charge in [-0.1, -0.05) is 54.6 Å². The largest absolute Gasteiger partial charge is 0.493 e. The summed E-state index contributed by atoms with van der Waals surface area (Å²) in [5, 5.41) is 8.79. The first kappa shape index (κ1) is 25.6. The molecule has 0 saturated heterocycles. The Balaban J connectivity index is 1.29. The number of hydrogen-bond donors (Lipinski definition) is 3. The zero-order chi connectivity index (χ0) is 26.0. The molecule has 0 aliphatic carbocycles. The number of amides is 2. The Bertz CT molecular complexity index is 1390. The van der Waals surface area contributed by atoms with Crippen molar-refractivity contribution in [1.82, 2.24) is 5.32 Å². The molecule has 0 radical (unpaired) electrons. The molecule has 0 aliphatic rings. The van der Waals surface area contributed by atoms with Crippen LogP contribution in [0.1, 0.15) is 31.8 Å². The van der Waals surface area contributed by atoms with Crippen LogP contribution in [-0.2, 0) is 6.42 Å². The monoisotopic (exact) mass is 509 g/mol. The maximum Gasteiger partial charge on any atom is 0.257 e. The highest BCUT2D eigenvalue weighted by Gasteiger charge is 2.11. The van der Waals surface area contributed by atoms with Crippen molar-refractivity contribution in [3.05, 3.63) is 125 Å². The lowest BCUT2D eigenvalue weighted by molar-refractivity contribution is 0.0976. The van der Waals surface area contributed by atoms with E-state index in [1.54, 1.807) is 42.5 Å². The second-order valence-corrected chi connectivity index (χ2v) is 8.78. The van der Waals surface area contributed by atoms with E-state index in [2.05, 4.69) is 28.1 Å². The molecule has 4 aromatic rings. The number of rotatable bonds is 8. The molecule has 186 valence electrons. The summed E-state index contributed by atoms with van der Waals surface area (Å²) in [5.74, 6) is 0.0965. The van der Waals surface area contributed by atoms with Crippen LogP contribution in [0.4, 0.5) is 11.4 Å². The van der Waals surface area contributed by atoms with Crippen LogP contribution in [0.15, 0.2) is 103 Å². The first-order chi connectivity index (χ1) is 18.0. The normalized spacial score (nSPS) is 10.3. The summed E-state index contributed by atoms with van der Waals surface area (Å²) in [6, 6.07) is 31.5. The number of carbonyl (C=O) groups is 2. The third-order valence-electron chi connectivity index (χ3n) is 5.59. The molecule has 0 spiro atoms. The Kier molecular flexibility index (Phi) is 8.62. The predicted molar refractivity (Wildman–Crippen MR) is 151 cm³/mol. The summed E-state index contributed by atoms with van der Waals surface area (Å²) in [6.07, 6.45) is 0.777. The van der Waals surface area contributed by atoms with Crippen LogP contribution in [0.5, 0.6) is 5.75 Å². The SMILES string of the molecule is Cc1cc(NC(=S)NC(=O)c2cccc(OCCc3ccccc3)c2)ccc1NC(=O)c1ccccc1. The van der Waals surface area contributed by atoms with Crippen LogP contribution < -0.4 is 20.7 Å². The summed E-state index contributed by atoms with van der Waals surface area (Å²) in [5.41, 5.74) is 4.45. The zero-order valence-electron chi connectivity index (χ0n) is 20.4. The van der Waals surface area contributed by atoms with Gasteiger partial charge in [0, 0.05) is 28.9 Å². The molecule has 0 saturated carbocycles. The highest BCUT2D eigenvalue weighted by atomic mass is 32.1. The summed E-state index contributed by atoms with van der Waals surface area (Å²) >= 11 is 5.34. The smallest absolute Gasteiger partial charge is 0.257 e. The van der Waals surface area contributed by atoms with Crippen molar-refractivity contribution in [3.63, 3.8) is 0 Å². The highest BCUT2D eigenvalue weighted by Crippen LogP contribution is 2.21. The number of thiocarbonyl (C=S) groups is 1. The van der Waals surface area contributed by atoms with Gasteiger partial charge in [0.05, 0.1) is 6.61 Å². The maximum atomic E-state index is 12.7. The van der Waals surface area contributed by atoms with Gasteiger partial charge in [0.2, 0.25) is 0 Å². The average molecular weight is 510 g/mol. The minimum absolute atomic E-state index is 0.167. The van der Waals surface area contributed by atoms with Crippen molar-refractivity contribution in [2.75, 3.05) is 17.2 Å². The van der Waals surface area contributed by atoms with Gasteiger partial charge < -0.3 is 15.4 Å². The lowest BCUT2D eigenvalue weighted by atomic mass is 10.1. The molecule has 0 aliphatic heterocycles. The van der Waals surface area contributed by atoms with Crippen molar-refractivity contribution >= 4 is 40.5 Å². The van der Waals surface area contributed by atoms with Gasteiger partial charge in [0.1, 0.15) is 5.75 Å². The Labute approximate surface area is 221 Å². The molecule has 3 N–H and O–H groups in total. The van der Waals surface area contributed by atoms with Crippen molar-refractivity contribution in [2.24, 2.45) is 0 Å². The third kappa shape index (κ3) is 7.49. The predicted octanol–water partition coefficient (Wildman–Crippen LogP) is 6.00. The van der Waals surface area contributed by atoms with Gasteiger partial charge in [-0.3, -0.25) is 14.9 Å². The summed E-state index contributed by atoms with van der Waals surface area (Å²) in [4.78, 5) is 25.2. The quantitative estimate of drug-likeness (QED) is 0.254. The van der Waals surface area contributed by atoms with Crippen LogP contribution in [-0.4, -0.2) is 23.5 Å². The Hall–Kier alpha value is -4.49. The van der Waals surface area contributed by atoms with Crippen LogP contribution in [0.2, 0.25) is 0 Å². The number of ether oxygens (including phenoxy) is 1. The Morgan fingerprint density at radius 2 is 1.46 bits per heavy atom. The minimum atomic E-state index is -0.338. The fraction of sp³-hybridized carbons (Fsp3) is 0.100. The van der Waals surface area contributed by atoms with Crippen molar-refractivity contribution in [3.8, 4) is 5.75 Å². The Morgan fingerprint density at radius 3 is 2.19 bits per heavy atom. The average Bonchev–Trinajstić information content (AvgIpc) is 2.91. The molecule has 0 fully saturated rings. The van der Waals surface area contributed by atoms with E-state index < -0.39 is 0 Å². The van der Waals surface area contributed by atoms with E-state index >= 15 is 0 Å². The maximum absolute atomic E-state index is 12.7. The van der Waals surface area contributed by atoms with E-state index in [-0.39, 0.29) is 16.9 Å². The van der Waals surface area contributed by atoms with Gasteiger partial charge in [-0.05, 0) is 78.8 Å². The van der Waals surface area contributed by atoms with Gasteiger partial charge in [-0.15, -0.1) is 0 Å². The molecule has 0 unspecified atom stereocenters. The van der Waals surface area contributed by atoms with E-state index in [0.717, 1.165) is 12.0 Å². The number of anilines is 2. The van der Waals surface area contributed by atoms with Crippen molar-refractivity contribution < 1.29 is 14.3 Å². The van der Waals surface area contributed by atoms with Crippen LogP contribution in [0.25, 0.3) is 0 Å². The molecule has 0 bridgehead atoms. The first-order valence-corrected chi connectivity index (χ1v) is 12.2.